The molecule has 4 heteroatoms. The second-order valence-corrected chi connectivity index (χ2v) is 12.9. The number of fused-ring (bicyclic) bond motifs is 6. The van der Waals surface area contributed by atoms with E-state index in [9.17, 15) is 0 Å². The van der Waals surface area contributed by atoms with Gasteiger partial charge in [0.05, 0.1) is 16.2 Å². The fraction of sp³-hybridized carbons (Fsp3) is 0.0800. The normalized spacial score (nSPS) is 14.3. The molecular formula is C25H19ClN2Si-. The average molecular weight is 411 g/mol. The first kappa shape index (κ1) is 17.0. The summed E-state index contributed by atoms with van der Waals surface area (Å²) in [7, 11) is -1.84. The maximum atomic E-state index is 6.56. The van der Waals surface area contributed by atoms with Gasteiger partial charge < -0.3 is 4.57 Å². The van der Waals surface area contributed by atoms with Crippen LogP contribution < -0.4 is 10.4 Å². The second kappa shape index (κ2) is 5.82. The van der Waals surface area contributed by atoms with E-state index in [-0.39, 0.29) is 0 Å². The van der Waals surface area contributed by atoms with Gasteiger partial charge in [0.2, 0.25) is 0 Å². The largest absolute Gasteiger partial charge is 0.309 e. The number of nitrogens with zero attached hydrogens (tertiary/aromatic N) is 2. The van der Waals surface area contributed by atoms with Gasteiger partial charge in [0, 0.05) is 22.7 Å². The lowest BCUT2D eigenvalue weighted by atomic mass is 10.1. The molecule has 0 aliphatic carbocycles. The van der Waals surface area contributed by atoms with Crippen LogP contribution in [-0.4, -0.2) is 17.6 Å². The van der Waals surface area contributed by atoms with Gasteiger partial charge in [-0.25, -0.2) is 4.98 Å². The van der Waals surface area contributed by atoms with Gasteiger partial charge >= 0.3 is 0 Å². The van der Waals surface area contributed by atoms with Crippen molar-refractivity contribution in [2.45, 2.75) is 13.1 Å². The van der Waals surface area contributed by atoms with Crippen LogP contribution in [0.5, 0.6) is 0 Å². The fourth-order valence-corrected chi connectivity index (χ4v) is 9.02. The quantitative estimate of drug-likeness (QED) is 0.258. The van der Waals surface area contributed by atoms with E-state index < -0.39 is 8.07 Å². The Hall–Kier alpha value is -2.88. The fourth-order valence-electron chi connectivity index (χ4n) is 5.03. The van der Waals surface area contributed by atoms with Crippen molar-refractivity contribution in [2.75, 3.05) is 0 Å². The zero-order valence-corrected chi connectivity index (χ0v) is 18.0. The zero-order valence-electron chi connectivity index (χ0n) is 16.3. The van der Waals surface area contributed by atoms with Crippen molar-refractivity contribution in [1.82, 2.24) is 9.55 Å². The van der Waals surface area contributed by atoms with Crippen molar-refractivity contribution in [3.8, 4) is 16.8 Å². The Kier molecular flexibility index (Phi) is 3.41. The standard InChI is InChI=1S/C25H19ClN2Si/c1-29(2)23-12-11-16(15-20(23)19-13-14-27-25(26)24(19)29)28-21-9-5-3-7-17(21)18-8-4-6-10-22(18)28/h3-15H,1-2H3/q-1. The van der Waals surface area contributed by atoms with E-state index in [1.54, 1.807) is 0 Å². The number of aromatic nitrogens is 2. The van der Waals surface area contributed by atoms with Crippen LogP contribution in [0.1, 0.15) is 0 Å². The molecule has 3 heterocycles. The summed E-state index contributed by atoms with van der Waals surface area (Å²) in [5.74, 6) is 0. The van der Waals surface area contributed by atoms with Crippen LogP contribution in [-0.2, 0) is 0 Å². The van der Waals surface area contributed by atoms with E-state index in [2.05, 4.69) is 95.4 Å². The van der Waals surface area contributed by atoms with Crippen LogP contribution in [0.25, 0.3) is 38.6 Å². The van der Waals surface area contributed by atoms with Gasteiger partial charge in [0.15, 0.2) is 0 Å². The van der Waals surface area contributed by atoms with Crippen molar-refractivity contribution in [3.63, 3.8) is 0 Å². The Morgan fingerprint density at radius 2 is 1.45 bits per heavy atom. The third kappa shape index (κ3) is 2.20. The lowest BCUT2D eigenvalue weighted by molar-refractivity contribution is 1.18. The molecule has 0 saturated heterocycles. The molecular weight excluding hydrogens is 392 g/mol. The summed E-state index contributed by atoms with van der Waals surface area (Å²) in [5.41, 5.74) is 6.21. The molecule has 0 amide bonds. The maximum Gasteiger partial charge on any atom is 0.0987 e. The van der Waals surface area contributed by atoms with E-state index in [4.69, 9.17) is 11.6 Å². The number of benzene rings is 3. The molecule has 0 bridgehead atoms. The first-order chi connectivity index (χ1) is 14.1. The average Bonchev–Trinajstić information content (AvgIpc) is 3.18. The highest BCUT2D eigenvalue weighted by atomic mass is 35.5. The molecule has 0 fully saturated rings. The summed E-state index contributed by atoms with van der Waals surface area (Å²) in [6.45, 7) is 4.73. The Morgan fingerprint density at radius 3 is 2.14 bits per heavy atom. The molecule has 6 rings (SSSR count). The number of hydrogen-bond acceptors (Lipinski definition) is 1. The second-order valence-electron chi connectivity index (χ2n) is 8.25. The molecule has 2 nitrogen and oxygen atoms in total. The lowest BCUT2D eigenvalue weighted by Crippen LogP contribution is -2.49. The Bertz CT molecular complexity index is 1400. The monoisotopic (exact) mass is 410 g/mol. The number of hydrogen-bond donors (Lipinski definition) is 0. The van der Waals surface area contributed by atoms with Gasteiger partial charge in [-0.15, -0.1) is 5.19 Å². The Balaban J connectivity index is 1.69. The maximum absolute atomic E-state index is 6.56. The Labute approximate surface area is 175 Å². The molecule has 0 saturated carbocycles. The van der Waals surface area contributed by atoms with Gasteiger partial charge in [-0.2, -0.15) is 18.3 Å². The lowest BCUT2D eigenvalue weighted by Gasteiger charge is -2.32. The summed E-state index contributed by atoms with van der Waals surface area (Å²) in [6.07, 6.45) is 1.83. The van der Waals surface area contributed by atoms with E-state index in [1.807, 2.05) is 6.20 Å². The van der Waals surface area contributed by atoms with E-state index >= 15 is 0 Å². The van der Waals surface area contributed by atoms with Gasteiger partial charge in [-0.1, -0.05) is 62.1 Å². The topological polar surface area (TPSA) is 17.8 Å². The van der Waals surface area contributed by atoms with Crippen molar-refractivity contribution in [3.05, 3.63) is 84.1 Å². The predicted molar refractivity (Wildman–Crippen MR) is 126 cm³/mol. The van der Waals surface area contributed by atoms with Gasteiger partial charge in [-0.3, -0.25) is 0 Å². The highest BCUT2D eigenvalue weighted by Gasteiger charge is 2.29. The summed E-state index contributed by atoms with van der Waals surface area (Å²) in [4.78, 5) is 4.38. The molecule has 3 aromatic carbocycles. The zero-order chi connectivity index (χ0) is 19.8. The number of pyridine rings is 1. The molecule has 2 aromatic heterocycles. The van der Waals surface area contributed by atoms with Crippen LogP contribution >= 0.6 is 11.6 Å². The molecule has 1 aliphatic heterocycles. The third-order valence-electron chi connectivity index (χ3n) is 6.33. The summed E-state index contributed by atoms with van der Waals surface area (Å²) in [5, 5.41) is 5.92. The first-order valence-corrected chi connectivity index (χ1v) is 13.2. The predicted octanol–water partition coefficient (Wildman–Crippen LogP) is 5.64. The highest BCUT2D eigenvalue weighted by molar-refractivity contribution is 7.04. The number of halogens is 1. The Morgan fingerprint density at radius 1 is 0.793 bits per heavy atom. The third-order valence-corrected chi connectivity index (χ3v) is 10.3. The van der Waals surface area contributed by atoms with Crippen molar-refractivity contribution in [1.29, 1.82) is 0 Å². The molecule has 29 heavy (non-hydrogen) atoms. The van der Waals surface area contributed by atoms with Crippen LogP contribution in [0, 0.1) is 0 Å². The van der Waals surface area contributed by atoms with Crippen LogP contribution in [0.15, 0.2) is 79.0 Å². The molecule has 0 N–H and O–H groups in total. The molecule has 0 radical (unpaired) electrons. The molecule has 1 aliphatic rings. The molecule has 0 atom stereocenters. The molecule has 5 aromatic rings. The van der Waals surface area contributed by atoms with E-state index in [1.165, 1.54) is 49.0 Å². The van der Waals surface area contributed by atoms with Gasteiger partial charge in [0.25, 0.3) is 0 Å². The number of rotatable bonds is 1. The van der Waals surface area contributed by atoms with E-state index in [0.29, 0.717) is 5.15 Å². The van der Waals surface area contributed by atoms with E-state index in [0.717, 1.165) is 0 Å². The summed E-state index contributed by atoms with van der Waals surface area (Å²) < 4.78 is 2.38. The van der Waals surface area contributed by atoms with Crippen LogP contribution in [0.4, 0.5) is 0 Å². The highest BCUT2D eigenvalue weighted by Crippen LogP contribution is 2.35. The van der Waals surface area contributed by atoms with Crippen LogP contribution in [0.3, 0.4) is 0 Å². The minimum atomic E-state index is -1.84. The minimum Gasteiger partial charge on any atom is -0.309 e. The SMILES string of the molecule is C[Si-]1(C)c2ccc(-n3c4ccccc4c4ccccc43)cc2-c2ccnc(Cl)c21. The van der Waals surface area contributed by atoms with Crippen molar-refractivity contribution in [2.24, 2.45) is 0 Å². The summed E-state index contributed by atoms with van der Waals surface area (Å²) >= 11 is 6.56. The van der Waals surface area contributed by atoms with Crippen LogP contribution in [0.2, 0.25) is 18.2 Å². The smallest absolute Gasteiger partial charge is 0.0987 e. The summed E-state index contributed by atoms with van der Waals surface area (Å²) in [6, 6.07) is 26.3. The number of para-hydroxylation sites is 2. The van der Waals surface area contributed by atoms with Crippen molar-refractivity contribution < 1.29 is 0 Å². The molecule has 0 unspecified atom stereocenters. The first-order valence-electron chi connectivity index (χ1n) is 9.86. The minimum absolute atomic E-state index is 0.661. The van der Waals surface area contributed by atoms with Crippen molar-refractivity contribution >= 4 is 51.9 Å². The molecule has 141 valence electrons. The van der Waals surface area contributed by atoms with Gasteiger partial charge in [-0.05, 0) is 41.5 Å². The van der Waals surface area contributed by atoms with Gasteiger partial charge in [0.1, 0.15) is 0 Å². The molecule has 0 spiro atoms.